The molecule has 4 heteroatoms. The van der Waals surface area contributed by atoms with Gasteiger partial charge in [0.2, 0.25) is 0 Å². The van der Waals surface area contributed by atoms with Crippen LogP contribution in [0.25, 0.3) is 0 Å². The minimum Gasteiger partial charge on any atom is -0.147 e. The standard InChI is InChI=1S/2C9H11.C2H7Si.2ClH.Zr/c2*1-2-5-9-7-3-6-8(9)4-1;1-3-2;;;/h2*3,6-7H,1-2,4-5H2;3H,1-2H3;2*1H;. The second-order valence-electron chi connectivity index (χ2n) is 7.84. The molecule has 4 aliphatic carbocycles. The molecule has 0 amide bonds. The van der Waals surface area contributed by atoms with Gasteiger partial charge in [-0.25, -0.2) is 0 Å². The van der Waals surface area contributed by atoms with Crippen LogP contribution in [0.3, 0.4) is 0 Å². The zero-order valence-corrected chi connectivity index (χ0v) is 20.3. The molecule has 0 saturated carbocycles. The van der Waals surface area contributed by atoms with Gasteiger partial charge in [-0.2, -0.15) is 0 Å². The Hall–Kier alpha value is 0.640. The first-order valence-electron chi connectivity index (χ1n) is 9.42. The van der Waals surface area contributed by atoms with Gasteiger partial charge in [-0.05, 0) is 0 Å². The molecule has 4 rings (SSSR count). The maximum Gasteiger partial charge on any atom is -0.147 e. The van der Waals surface area contributed by atoms with Crippen LogP contribution in [-0.4, -0.2) is 5.92 Å². The van der Waals surface area contributed by atoms with E-state index in [1.54, 1.807) is 11.1 Å². The SMILES string of the molecule is C[SiH](C)[Zr]([CH]1C=CC2=C1CCCC2)[CH]1C=CC2=C1CCCC2.Cl.Cl. The predicted molar refractivity (Wildman–Crippen MR) is 110 cm³/mol. The fraction of sp³-hybridized carbons (Fsp3) is 0.600. The fourth-order valence-electron chi connectivity index (χ4n) is 5.19. The Morgan fingerprint density at radius 3 is 1.58 bits per heavy atom. The maximum atomic E-state index is 2.69. The molecule has 0 aliphatic heterocycles. The Balaban J connectivity index is 0.00000104. The summed E-state index contributed by atoms with van der Waals surface area (Å²) in [5.74, 6) is -0.499. The molecular weight excluding hydrogens is 430 g/mol. The smallest absolute Gasteiger partial charge is 0.147 e. The van der Waals surface area contributed by atoms with Crippen molar-refractivity contribution in [2.24, 2.45) is 0 Å². The van der Waals surface area contributed by atoms with Crippen LogP contribution in [0.1, 0.15) is 51.4 Å². The topological polar surface area (TPSA) is 0 Å². The summed E-state index contributed by atoms with van der Waals surface area (Å²) >= 11 is -1.45. The van der Waals surface area contributed by atoms with Gasteiger partial charge in [0.25, 0.3) is 0 Å². The molecule has 0 N–H and O–H groups in total. The molecule has 0 aromatic rings. The third-order valence-corrected chi connectivity index (χ3v) is 27.8. The van der Waals surface area contributed by atoms with Crippen molar-refractivity contribution in [3.63, 3.8) is 0 Å². The normalized spacial score (nSPS) is 27.8. The molecule has 0 radical (unpaired) electrons. The monoisotopic (exact) mass is 459 g/mol. The van der Waals surface area contributed by atoms with Crippen molar-refractivity contribution in [1.82, 2.24) is 0 Å². The molecular formula is C20H31Cl2SiZr. The van der Waals surface area contributed by atoms with Gasteiger partial charge in [-0.15, -0.1) is 24.8 Å². The Labute approximate surface area is 169 Å². The summed E-state index contributed by atoms with van der Waals surface area (Å²) in [6, 6.07) is 0. The van der Waals surface area contributed by atoms with Crippen molar-refractivity contribution in [2.75, 3.05) is 0 Å². The van der Waals surface area contributed by atoms with E-state index in [0.29, 0.717) is 0 Å². The molecule has 0 aromatic carbocycles. The number of hydrogen-bond acceptors (Lipinski definition) is 0. The average molecular weight is 462 g/mol. The van der Waals surface area contributed by atoms with Crippen LogP contribution in [0, 0.1) is 0 Å². The van der Waals surface area contributed by atoms with E-state index < -0.39 is 26.8 Å². The van der Waals surface area contributed by atoms with Crippen molar-refractivity contribution < 1.29 is 20.9 Å². The van der Waals surface area contributed by atoms with Gasteiger partial charge in [0, 0.05) is 0 Å². The zero-order valence-electron chi connectivity index (χ0n) is 15.0. The van der Waals surface area contributed by atoms with Gasteiger partial charge < -0.3 is 0 Å². The summed E-state index contributed by atoms with van der Waals surface area (Å²) in [7, 11) is 0. The minimum atomic E-state index is -1.45. The molecule has 0 bridgehead atoms. The molecule has 133 valence electrons. The maximum absolute atomic E-state index is 2.69. The van der Waals surface area contributed by atoms with Crippen LogP contribution in [0.4, 0.5) is 0 Å². The molecule has 0 spiro atoms. The molecule has 0 fully saturated rings. The predicted octanol–water partition coefficient (Wildman–Crippen LogP) is 6.89. The summed E-state index contributed by atoms with van der Waals surface area (Å²) in [6.07, 6.45) is 21.9. The third kappa shape index (κ3) is 3.83. The summed E-state index contributed by atoms with van der Waals surface area (Å²) in [4.78, 5) is 0. The van der Waals surface area contributed by atoms with E-state index in [2.05, 4.69) is 37.4 Å². The van der Waals surface area contributed by atoms with Gasteiger partial charge >= 0.3 is 145 Å². The van der Waals surface area contributed by atoms with Crippen molar-refractivity contribution in [3.05, 3.63) is 46.6 Å². The van der Waals surface area contributed by atoms with Gasteiger partial charge in [0.15, 0.2) is 0 Å². The molecule has 0 heterocycles. The Morgan fingerprint density at radius 2 is 1.17 bits per heavy atom. The summed E-state index contributed by atoms with van der Waals surface area (Å²) in [5, 5.41) is 0. The van der Waals surface area contributed by atoms with E-state index in [4.69, 9.17) is 0 Å². The Kier molecular flexibility index (Phi) is 7.88. The summed E-state index contributed by atoms with van der Waals surface area (Å²) in [5.41, 5.74) is 7.40. The first kappa shape index (κ1) is 20.9. The second kappa shape index (κ2) is 9.03. The quantitative estimate of drug-likeness (QED) is 0.402. The van der Waals surface area contributed by atoms with Gasteiger partial charge in [-0.3, -0.25) is 0 Å². The van der Waals surface area contributed by atoms with E-state index >= 15 is 0 Å². The van der Waals surface area contributed by atoms with Crippen molar-refractivity contribution in [3.8, 4) is 0 Å². The first-order chi connectivity index (χ1) is 10.8. The molecule has 0 nitrogen and oxygen atoms in total. The molecule has 2 unspecified atom stereocenters. The zero-order chi connectivity index (χ0) is 15.1. The van der Waals surface area contributed by atoms with E-state index in [1.165, 1.54) is 51.4 Å². The number of halogens is 2. The van der Waals surface area contributed by atoms with E-state index in [-0.39, 0.29) is 24.8 Å². The minimum absolute atomic E-state index is 0. The summed E-state index contributed by atoms with van der Waals surface area (Å²) < 4.78 is 1.96. The van der Waals surface area contributed by atoms with Crippen LogP contribution < -0.4 is 0 Å². The number of allylic oxidation sites excluding steroid dienone is 8. The third-order valence-electron chi connectivity index (χ3n) is 6.22. The van der Waals surface area contributed by atoms with Crippen molar-refractivity contribution in [1.29, 1.82) is 0 Å². The van der Waals surface area contributed by atoms with Crippen LogP contribution in [-0.2, 0) is 20.9 Å². The van der Waals surface area contributed by atoms with E-state index in [0.717, 1.165) is 7.25 Å². The first-order valence-corrected chi connectivity index (χ1v) is 19.4. The summed E-state index contributed by atoms with van der Waals surface area (Å²) in [6.45, 7) is 5.36. The molecule has 2 atom stereocenters. The van der Waals surface area contributed by atoms with Gasteiger partial charge in [-0.1, -0.05) is 0 Å². The molecule has 4 aliphatic rings. The Bertz CT molecular complexity index is 540. The number of rotatable bonds is 3. The van der Waals surface area contributed by atoms with E-state index in [9.17, 15) is 0 Å². The van der Waals surface area contributed by atoms with Crippen molar-refractivity contribution in [2.45, 2.75) is 71.7 Å². The molecule has 0 saturated heterocycles. The van der Waals surface area contributed by atoms with Crippen LogP contribution in [0.5, 0.6) is 0 Å². The van der Waals surface area contributed by atoms with Crippen LogP contribution >= 0.6 is 24.8 Å². The van der Waals surface area contributed by atoms with Crippen LogP contribution in [0.2, 0.25) is 20.3 Å². The van der Waals surface area contributed by atoms with Crippen LogP contribution in [0.15, 0.2) is 46.6 Å². The van der Waals surface area contributed by atoms with Crippen molar-refractivity contribution >= 4 is 30.7 Å². The second-order valence-corrected chi connectivity index (χ2v) is 28.1. The fourth-order valence-corrected chi connectivity index (χ4v) is 27.0. The Morgan fingerprint density at radius 1 is 0.750 bits per heavy atom. The molecule has 0 aromatic heterocycles. The van der Waals surface area contributed by atoms with Gasteiger partial charge in [0.1, 0.15) is 0 Å². The largest absolute Gasteiger partial charge is 0.147 e. The van der Waals surface area contributed by atoms with E-state index in [1.807, 2.05) is 11.1 Å². The average Bonchev–Trinajstić information content (AvgIpc) is 3.13. The number of hydrogen-bond donors (Lipinski definition) is 0. The van der Waals surface area contributed by atoms with Gasteiger partial charge in [0.05, 0.1) is 0 Å². The molecule has 24 heavy (non-hydrogen) atoms.